The van der Waals surface area contributed by atoms with Crippen molar-refractivity contribution in [3.8, 4) is 0 Å². The third kappa shape index (κ3) is 2.23. The molecule has 1 aliphatic heterocycles. The molecule has 1 aromatic rings. The van der Waals surface area contributed by atoms with Gasteiger partial charge in [-0.3, -0.25) is 0 Å². The van der Waals surface area contributed by atoms with Gasteiger partial charge in [-0.15, -0.1) is 0 Å². The highest BCUT2D eigenvalue weighted by atomic mass is 19.1. The molecule has 1 unspecified atom stereocenters. The van der Waals surface area contributed by atoms with E-state index in [4.69, 9.17) is 4.74 Å². The molecule has 1 fully saturated rings. The normalized spacial score (nSPS) is 25.5. The fraction of sp³-hybridized carbons (Fsp3) is 0.500. The lowest BCUT2D eigenvalue weighted by molar-refractivity contribution is 0.185. The smallest absolute Gasteiger partial charge is 0.168 e. The molecule has 5 heteroatoms. The summed E-state index contributed by atoms with van der Waals surface area (Å²) in [7, 11) is 0. The molecule has 1 saturated heterocycles. The SMILES string of the molecule is CC1(Nc2ncc(F)cc2F)CCOC1. The second kappa shape index (κ2) is 3.73. The first-order chi connectivity index (χ1) is 7.09. The molecule has 0 bridgehead atoms. The number of ether oxygens (including phenoxy) is 1. The van der Waals surface area contributed by atoms with E-state index >= 15 is 0 Å². The summed E-state index contributed by atoms with van der Waals surface area (Å²) >= 11 is 0. The van der Waals surface area contributed by atoms with Crippen LogP contribution in [-0.4, -0.2) is 23.7 Å². The molecule has 2 rings (SSSR count). The maximum absolute atomic E-state index is 13.3. The molecule has 0 radical (unpaired) electrons. The molecule has 0 spiro atoms. The molecule has 15 heavy (non-hydrogen) atoms. The fourth-order valence-corrected chi connectivity index (χ4v) is 1.56. The van der Waals surface area contributed by atoms with Crippen molar-refractivity contribution in [3.63, 3.8) is 0 Å². The summed E-state index contributed by atoms with van der Waals surface area (Å²) in [5.74, 6) is -1.28. The minimum Gasteiger partial charge on any atom is -0.379 e. The van der Waals surface area contributed by atoms with Gasteiger partial charge in [0, 0.05) is 12.7 Å². The highest BCUT2D eigenvalue weighted by Crippen LogP contribution is 2.24. The first-order valence-corrected chi connectivity index (χ1v) is 4.76. The molecule has 0 saturated carbocycles. The maximum atomic E-state index is 13.3. The Labute approximate surface area is 86.5 Å². The third-order valence-electron chi connectivity index (χ3n) is 2.45. The molecule has 3 nitrogen and oxygen atoms in total. The van der Waals surface area contributed by atoms with Crippen molar-refractivity contribution >= 4 is 5.82 Å². The standard InChI is InChI=1S/C10H12F2N2O/c1-10(2-3-15-6-10)14-9-8(12)4-7(11)5-13-9/h4-5H,2-3,6H2,1H3,(H,13,14). The molecule has 2 heterocycles. The Morgan fingerprint density at radius 1 is 1.53 bits per heavy atom. The van der Waals surface area contributed by atoms with Gasteiger partial charge in [0.25, 0.3) is 0 Å². The van der Waals surface area contributed by atoms with E-state index in [9.17, 15) is 8.78 Å². The highest BCUT2D eigenvalue weighted by molar-refractivity contribution is 5.39. The van der Waals surface area contributed by atoms with E-state index in [0.29, 0.717) is 13.2 Å². The van der Waals surface area contributed by atoms with E-state index < -0.39 is 11.6 Å². The van der Waals surface area contributed by atoms with Gasteiger partial charge in [-0.1, -0.05) is 0 Å². The van der Waals surface area contributed by atoms with Gasteiger partial charge >= 0.3 is 0 Å². The Kier molecular flexibility index (Phi) is 2.56. The zero-order valence-electron chi connectivity index (χ0n) is 8.39. The van der Waals surface area contributed by atoms with Gasteiger partial charge < -0.3 is 10.1 Å². The van der Waals surface area contributed by atoms with Gasteiger partial charge in [-0.25, -0.2) is 13.8 Å². The second-order valence-electron chi connectivity index (χ2n) is 3.97. The first-order valence-electron chi connectivity index (χ1n) is 4.76. The van der Waals surface area contributed by atoms with Crippen LogP contribution in [0, 0.1) is 11.6 Å². The van der Waals surface area contributed by atoms with Crippen molar-refractivity contribution in [2.45, 2.75) is 18.9 Å². The van der Waals surface area contributed by atoms with Crippen molar-refractivity contribution in [1.29, 1.82) is 0 Å². The van der Waals surface area contributed by atoms with Crippen LogP contribution in [0.2, 0.25) is 0 Å². The van der Waals surface area contributed by atoms with E-state index in [-0.39, 0.29) is 11.4 Å². The molecule has 1 atom stereocenters. The van der Waals surface area contributed by atoms with E-state index in [1.807, 2.05) is 6.92 Å². The Morgan fingerprint density at radius 2 is 2.33 bits per heavy atom. The molecule has 0 aromatic carbocycles. The minimum atomic E-state index is -0.678. The summed E-state index contributed by atoms with van der Waals surface area (Å²) in [5.41, 5.74) is -0.314. The number of aromatic nitrogens is 1. The van der Waals surface area contributed by atoms with Crippen LogP contribution in [0.15, 0.2) is 12.3 Å². The summed E-state index contributed by atoms with van der Waals surface area (Å²) in [6.45, 7) is 3.07. The van der Waals surface area contributed by atoms with E-state index in [2.05, 4.69) is 10.3 Å². The van der Waals surface area contributed by atoms with Crippen LogP contribution >= 0.6 is 0 Å². The van der Waals surface area contributed by atoms with E-state index in [1.54, 1.807) is 0 Å². The lowest BCUT2D eigenvalue weighted by Gasteiger charge is -2.24. The molecular weight excluding hydrogens is 202 g/mol. The number of nitrogens with zero attached hydrogens (tertiary/aromatic N) is 1. The summed E-state index contributed by atoms with van der Waals surface area (Å²) in [6, 6.07) is 0.814. The summed E-state index contributed by atoms with van der Waals surface area (Å²) in [4.78, 5) is 3.67. The zero-order valence-corrected chi connectivity index (χ0v) is 8.39. The van der Waals surface area contributed by atoms with Gasteiger partial charge in [-0.2, -0.15) is 0 Å². The van der Waals surface area contributed by atoms with Gasteiger partial charge in [0.05, 0.1) is 18.3 Å². The number of hydrogen-bond acceptors (Lipinski definition) is 3. The number of anilines is 1. The lowest BCUT2D eigenvalue weighted by atomic mass is 10.0. The number of pyridine rings is 1. The van der Waals surface area contributed by atoms with Crippen LogP contribution in [0.4, 0.5) is 14.6 Å². The number of halogens is 2. The molecule has 0 amide bonds. The minimum absolute atomic E-state index is 0.0735. The molecule has 1 aliphatic rings. The average molecular weight is 214 g/mol. The number of nitrogens with one attached hydrogen (secondary N) is 1. The summed E-state index contributed by atoms with van der Waals surface area (Å²) in [6.07, 6.45) is 1.77. The van der Waals surface area contributed by atoms with E-state index in [0.717, 1.165) is 18.7 Å². The largest absolute Gasteiger partial charge is 0.379 e. The van der Waals surface area contributed by atoms with E-state index in [1.165, 1.54) is 0 Å². The molecular formula is C10H12F2N2O. The predicted octanol–water partition coefficient (Wildman–Crippen LogP) is 1.95. The van der Waals surface area contributed by atoms with Gasteiger partial charge in [-0.05, 0) is 13.3 Å². The molecule has 1 N–H and O–H groups in total. The number of rotatable bonds is 2. The van der Waals surface area contributed by atoms with Gasteiger partial charge in [0.15, 0.2) is 11.6 Å². The van der Waals surface area contributed by atoms with Crippen molar-refractivity contribution in [2.24, 2.45) is 0 Å². The van der Waals surface area contributed by atoms with Crippen LogP contribution in [0.3, 0.4) is 0 Å². The van der Waals surface area contributed by atoms with Gasteiger partial charge in [0.2, 0.25) is 0 Å². The number of hydrogen-bond donors (Lipinski definition) is 1. The van der Waals surface area contributed by atoms with Crippen LogP contribution in [0.5, 0.6) is 0 Å². The van der Waals surface area contributed by atoms with Crippen molar-refractivity contribution in [2.75, 3.05) is 18.5 Å². The average Bonchev–Trinajstić information content (AvgIpc) is 2.58. The predicted molar refractivity (Wildman–Crippen MR) is 51.6 cm³/mol. The van der Waals surface area contributed by atoms with Crippen molar-refractivity contribution in [3.05, 3.63) is 23.9 Å². The lowest BCUT2D eigenvalue weighted by Crippen LogP contribution is -2.35. The Bertz CT molecular complexity index is 364. The first kappa shape index (κ1) is 10.3. The van der Waals surface area contributed by atoms with Crippen LogP contribution in [-0.2, 0) is 4.74 Å². The monoisotopic (exact) mass is 214 g/mol. The fourth-order valence-electron chi connectivity index (χ4n) is 1.56. The third-order valence-corrected chi connectivity index (χ3v) is 2.45. The maximum Gasteiger partial charge on any atom is 0.168 e. The van der Waals surface area contributed by atoms with Crippen molar-refractivity contribution in [1.82, 2.24) is 4.98 Å². The molecule has 0 aliphatic carbocycles. The Hall–Kier alpha value is -1.23. The van der Waals surface area contributed by atoms with Gasteiger partial charge in [0.1, 0.15) is 5.82 Å². The van der Waals surface area contributed by atoms with Crippen molar-refractivity contribution < 1.29 is 13.5 Å². The van der Waals surface area contributed by atoms with Crippen LogP contribution in [0.25, 0.3) is 0 Å². The topological polar surface area (TPSA) is 34.2 Å². The quantitative estimate of drug-likeness (QED) is 0.817. The molecule has 82 valence electrons. The summed E-state index contributed by atoms with van der Waals surface area (Å²) < 4.78 is 31.1. The van der Waals surface area contributed by atoms with Crippen LogP contribution in [0.1, 0.15) is 13.3 Å². The van der Waals surface area contributed by atoms with Crippen LogP contribution < -0.4 is 5.32 Å². The Balaban J connectivity index is 2.16. The zero-order chi connectivity index (χ0) is 10.9. The Morgan fingerprint density at radius 3 is 2.93 bits per heavy atom. The summed E-state index contributed by atoms with van der Waals surface area (Å²) in [5, 5.41) is 2.93. The highest BCUT2D eigenvalue weighted by Gasteiger charge is 2.30. The second-order valence-corrected chi connectivity index (χ2v) is 3.97. The molecule has 1 aromatic heterocycles.